The Morgan fingerprint density at radius 2 is 1.06 bits per heavy atom. The van der Waals surface area contributed by atoms with Crippen LogP contribution in [0.1, 0.15) is 48.2 Å². The third-order valence-electron chi connectivity index (χ3n) is 12.1. The summed E-state index contributed by atoms with van der Waals surface area (Å²) >= 11 is 25.3. The Bertz CT molecular complexity index is 2650. The molecule has 6 aromatic carbocycles. The van der Waals surface area contributed by atoms with Crippen molar-refractivity contribution in [1.29, 1.82) is 0 Å². The summed E-state index contributed by atoms with van der Waals surface area (Å²) in [6, 6.07) is 43.8. The molecule has 13 nitrogen and oxygen atoms in total. The van der Waals surface area contributed by atoms with Crippen LogP contribution in [0.15, 0.2) is 146 Å². The Kier molecular flexibility index (Phi) is 19.8. The summed E-state index contributed by atoms with van der Waals surface area (Å²) in [5.41, 5.74) is 1.47. The number of anilines is 2. The van der Waals surface area contributed by atoms with E-state index >= 15 is 0 Å². The minimum absolute atomic E-state index is 0.0180. The van der Waals surface area contributed by atoms with Gasteiger partial charge in [0.1, 0.15) is 24.7 Å². The number of aliphatic hydroxyl groups is 4. The maximum Gasteiger partial charge on any atom is 0.340 e. The van der Waals surface area contributed by atoms with E-state index in [0.717, 1.165) is 41.6 Å². The summed E-state index contributed by atoms with van der Waals surface area (Å²) in [7, 11) is 0. The highest BCUT2D eigenvalue weighted by molar-refractivity contribution is 6.34. The average Bonchev–Trinajstić information content (AvgIpc) is 3.38. The second-order valence-corrected chi connectivity index (χ2v) is 18.7. The quantitative estimate of drug-likeness (QED) is 0.0612. The summed E-state index contributed by atoms with van der Waals surface area (Å²) in [5.74, 6) is -0.352. The van der Waals surface area contributed by atoms with Gasteiger partial charge >= 0.3 is 5.97 Å². The molecule has 4 atom stereocenters. The van der Waals surface area contributed by atoms with Gasteiger partial charge in [0.2, 0.25) is 0 Å². The van der Waals surface area contributed by atoms with Gasteiger partial charge in [-0.05, 0) is 84.6 Å². The molecule has 17 heteroatoms. The summed E-state index contributed by atoms with van der Waals surface area (Å²) in [6.45, 7) is 7.06. The van der Waals surface area contributed by atoms with Crippen LogP contribution in [-0.2, 0) is 20.8 Å². The van der Waals surface area contributed by atoms with E-state index in [0.29, 0.717) is 57.3 Å². The van der Waals surface area contributed by atoms with Crippen molar-refractivity contribution < 1.29 is 44.6 Å². The van der Waals surface area contributed by atoms with Crippen LogP contribution in [0.5, 0.6) is 11.5 Å². The molecule has 0 unspecified atom stereocenters. The molecule has 2 saturated heterocycles. The number of halogens is 4. The Labute approximate surface area is 434 Å². The number of hydrogen-bond acceptors (Lipinski definition) is 11. The summed E-state index contributed by atoms with van der Waals surface area (Å²) in [4.78, 5) is 30.2. The van der Waals surface area contributed by atoms with Crippen molar-refractivity contribution in [1.82, 2.24) is 10.2 Å². The molecular formula is C54H58Cl4N4O9. The first kappa shape index (κ1) is 54.7. The maximum atomic E-state index is 13.5. The number of piperazine rings is 2. The van der Waals surface area contributed by atoms with Gasteiger partial charge < -0.3 is 55.0 Å². The number of nitrogens with zero attached hydrogens (tertiary/aromatic N) is 3. The summed E-state index contributed by atoms with van der Waals surface area (Å²) < 4.78 is 10.9. The number of aliphatic carboxylic acids is 1. The fourth-order valence-corrected chi connectivity index (χ4v) is 9.04. The number of nitrogens with one attached hydrogen (secondary N) is 1. The van der Waals surface area contributed by atoms with Crippen molar-refractivity contribution in [3.8, 4) is 11.5 Å². The van der Waals surface area contributed by atoms with Crippen LogP contribution < -0.4 is 24.6 Å². The van der Waals surface area contributed by atoms with Crippen molar-refractivity contribution >= 4 is 69.7 Å². The fraction of sp³-hybridized carbons (Fsp3) is 0.296. The molecule has 6 N–H and O–H groups in total. The van der Waals surface area contributed by atoms with Crippen molar-refractivity contribution in [2.45, 2.75) is 37.1 Å². The molecule has 0 bridgehead atoms. The van der Waals surface area contributed by atoms with Crippen molar-refractivity contribution in [2.24, 2.45) is 0 Å². The standard InChI is InChI=1S/C27H28Cl2N2O4.C18H20Cl2N2O2.C9H10O3/c1-27(34,20-5-3-2-4-6-20)26(33)30-13-14-31(25(18-30)19-7-9-21(28)10-8-19)24-12-11-22(17-23(24)29)35-16-15-32;19-14-3-1-13(2-4-14)18-12-21-7-8-22(18)17-6-5-15(11-16(17)20)24-10-9-23;1-9(12,8(10)11)7-5-3-2-4-6-7/h2-12,17,25,32,34H,13-16,18H2,1H3;1-6,11,18,21,23H,7-10,12H2;2-6,12H,1H3,(H,10,11)/t25-,27+;18-;9-/m001/s1. The van der Waals surface area contributed by atoms with E-state index in [4.69, 9.17) is 71.2 Å². The molecule has 2 fully saturated rings. The van der Waals surface area contributed by atoms with Gasteiger partial charge in [0, 0.05) is 61.4 Å². The first-order valence-electron chi connectivity index (χ1n) is 22.9. The van der Waals surface area contributed by atoms with Gasteiger partial charge in [-0.15, -0.1) is 0 Å². The summed E-state index contributed by atoms with van der Waals surface area (Å²) in [5, 5.41) is 53.1. The topological polar surface area (TPSA) is 176 Å². The zero-order chi connectivity index (χ0) is 51.1. The molecule has 8 rings (SSSR count). The van der Waals surface area contributed by atoms with Crippen molar-refractivity contribution in [3.63, 3.8) is 0 Å². The molecule has 1 amide bonds. The lowest BCUT2D eigenvalue weighted by atomic mass is 9.93. The summed E-state index contributed by atoms with van der Waals surface area (Å²) in [6.07, 6.45) is 0. The Morgan fingerprint density at radius 1 is 0.606 bits per heavy atom. The molecule has 0 aromatic heterocycles. The third-order valence-corrected chi connectivity index (χ3v) is 13.2. The fourth-order valence-electron chi connectivity index (χ4n) is 8.23. The zero-order valence-electron chi connectivity index (χ0n) is 39.3. The number of ether oxygens (including phenoxy) is 2. The van der Waals surface area contributed by atoms with Gasteiger partial charge in [-0.3, -0.25) is 4.79 Å². The highest BCUT2D eigenvalue weighted by Crippen LogP contribution is 2.39. The van der Waals surface area contributed by atoms with Gasteiger partial charge in [-0.25, -0.2) is 4.79 Å². The molecule has 0 aliphatic carbocycles. The second kappa shape index (κ2) is 25.7. The van der Waals surface area contributed by atoms with Gasteiger partial charge in [0.15, 0.2) is 11.2 Å². The number of amides is 1. The maximum absolute atomic E-state index is 13.5. The van der Waals surface area contributed by atoms with Crippen LogP contribution in [-0.4, -0.2) is 108 Å². The number of carbonyl (C=O) groups excluding carboxylic acids is 1. The molecule has 6 aromatic rings. The Morgan fingerprint density at radius 3 is 1.51 bits per heavy atom. The van der Waals surface area contributed by atoms with Gasteiger partial charge in [0.05, 0.1) is 46.7 Å². The normalized spacial score (nSPS) is 17.3. The van der Waals surface area contributed by atoms with Gasteiger partial charge in [-0.2, -0.15) is 0 Å². The van der Waals surface area contributed by atoms with E-state index in [1.807, 2.05) is 78.9 Å². The first-order valence-corrected chi connectivity index (χ1v) is 24.5. The van der Waals surface area contributed by atoms with Crippen molar-refractivity contribution in [3.05, 3.63) is 188 Å². The monoisotopic (exact) mass is 1050 g/mol. The first-order chi connectivity index (χ1) is 34.0. The lowest BCUT2D eigenvalue weighted by Gasteiger charge is -2.45. The number of hydrogen-bond donors (Lipinski definition) is 6. The number of benzene rings is 6. The number of carboxylic acid groups (broad SMARTS) is 1. The molecular weight excluding hydrogens is 990 g/mol. The molecule has 71 heavy (non-hydrogen) atoms. The minimum Gasteiger partial charge on any atom is -0.491 e. The van der Waals surface area contributed by atoms with Crippen LogP contribution >= 0.6 is 46.4 Å². The highest BCUT2D eigenvalue weighted by Gasteiger charge is 2.40. The number of aliphatic hydroxyl groups excluding tert-OH is 2. The van der Waals surface area contributed by atoms with E-state index in [1.54, 1.807) is 59.5 Å². The molecule has 376 valence electrons. The van der Waals surface area contributed by atoms with Crippen LogP contribution in [0.25, 0.3) is 0 Å². The molecule has 0 saturated carbocycles. The van der Waals surface area contributed by atoms with Crippen LogP contribution in [0.4, 0.5) is 11.4 Å². The van der Waals surface area contributed by atoms with Crippen LogP contribution in [0.3, 0.4) is 0 Å². The number of carboxylic acids is 1. The average molecular weight is 1050 g/mol. The van der Waals surface area contributed by atoms with Crippen LogP contribution in [0, 0.1) is 0 Å². The van der Waals surface area contributed by atoms with E-state index in [1.165, 1.54) is 19.4 Å². The Balaban J connectivity index is 0.000000197. The van der Waals surface area contributed by atoms with Crippen LogP contribution in [0.2, 0.25) is 20.1 Å². The third kappa shape index (κ3) is 14.3. The molecule has 2 aliphatic heterocycles. The Hall–Kier alpha value is -5.58. The SMILES string of the molecule is C[C@](O)(C(=O)N1CCN(c2ccc(OCCO)cc2Cl)[C@H](c2ccc(Cl)cc2)C1)c1ccccc1.C[C@](O)(C(=O)O)c1ccccc1.OCCOc1ccc(N2CCNC[C@H]2c2ccc(Cl)cc2)c(Cl)c1. The molecule has 0 spiro atoms. The van der Waals surface area contributed by atoms with E-state index in [2.05, 4.69) is 27.2 Å². The van der Waals surface area contributed by atoms with E-state index in [-0.39, 0.29) is 44.4 Å². The van der Waals surface area contributed by atoms with E-state index in [9.17, 15) is 19.8 Å². The molecule has 0 radical (unpaired) electrons. The minimum atomic E-state index is -1.79. The highest BCUT2D eigenvalue weighted by atomic mass is 35.5. The number of carbonyl (C=O) groups is 2. The van der Waals surface area contributed by atoms with E-state index < -0.39 is 17.2 Å². The van der Waals surface area contributed by atoms with Gasteiger partial charge in [-0.1, -0.05) is 131 Å². The van der Waals surface area contributed by atoms with Crippen molar-refractivity contribution in [2.75, 3.05) is 75.5 Å². The lowest BCUT2D eigenvalue weighted by Crippen LogP contribution is -2.55. The molecule has 2 aliphatic rings. The second-order valence-electron chi connectivity index (χ2n) is 17.0. The van der Waals surface area contributed by atoms with Gasteiger partial charge in [0.25, 0.3) is 5.91 Å². The zero-order valence-corrected chi connectivity index (χ0v) is 42.3. The number of rotatable bonds is 14. The predicted molar refractivity (Wildman–Crippen MR) is 280 cm³/mol. The predicted octanol–water partition coefficient (Wildman–Crippen LogP) is 9.16. The smallest absolute Gasteiger partial charge is 0.340 e. The lowest BCUT2D eigenvalue weighted by molar-refractivity contribution is -0.157. The molecule has 2 heterocycles. The largest absolute Gasteiger partial charge is 0.491 e.